The summed E-state index contributed by atoms with van der Waals surface area (Å²) in [6.45, 7) is -0.0267. The van der Waals surface area contributed by atoms with E-state index in [0.717, 1.165) is 22.7 Å². The number of para-hydroxylation sites is 1. The molecule has 0 fully saturated rings. The van der Waals surface area contributed by atoms with Crippen LogP contribution < -0.4 is 4.74 Å². The Kier molecular flexibility index (Phi) is 3.64. The number of nitrogens with one attached hydrogen (secondary N) is 1. The van der Waals surface area contributed by atoms with Crippen LogP contribution in [0, 0.1) is 0 Å². The molecule has 0 aliphatic heterocycles. The van der Waals surface area contributed by atoms with E-state index >= 15 is 0 Å². The lowest BCUT2D eigenvalue weighted by molar-refractivity contribution is -0.112. The largest absolute Gasteiger partial charge is 0.483 e. The van der Waals surface area contributed by atoms with E-state index in [1.54, 1.807) is 24.7 Å². The molecule has 3 rings (SSSR count). The Morgan fingerprint density at radius 3 is 2.95 bits per heavy atom. The van der Waals surface area contributed by atoms with Gasteiger partial charge in [-0.2, -0.15) is 0 Å². The quantitative estimate of drug-likeness (QED) is 0.746. The van der Waals surface area contributed by atoms with Crippen molar-refractivity contribution in [2.75, 3.05) is 6.61 Å². The summed E-state index contributed by atoms with van der Waals surface area (Å²) in [5, 5.41) is 1.43. The van der Waals surface area contributed by atoms with E-state index in [9.17, 15) is 4.79 Å². The standard InChI is InChI=1S/C14H11N3O2S/c18-12(20-14-16-7-8-17-14)9-19-11-5-1-3-10-4-2-6-15-13(10)11/h1-8H,9H2,(H,16,17). The molecule has 0 amide bonds. The first-order valence-corrected chi connectivity index (χ1v) is 6.81. The first-order chi connectivity index (χ1) is 9.83. The zero-order valence-corrected chi connectivity index (χ0v) is 11.3. The van der Waals surface area contributed by atoms with E-state index in [1.807, 2.05) is 24.3 Å². The number of thioether (sulfide) groups is 1. The summed E-state index contributed by atoms with van der Waals surface area (Å²) in [4.78, 5) is 22.9. The minimum Gasteiger partial charge on any atom is -0.483 e. The van der Waals surface area contributed by atoms with Crippen molar-refractivity contribution >= 4 is 27.8 Å². The number of aromatic amines is 1. The van der Waals surface area contributed by atoms with Crippen LogP contribution in [0.25, 0.3) is 10.9 Å². The molecule has 5 nitrogen and oxygen atoms in total. The van der Waals surface area contributed by atoms with Crippen LogP contribution in [0.2, 0.25) is 0 Å². The molecule has 0 saturated heterocycles. The van der Waals surface area contributed by atoms with Gasteiger partial charge in [-0.3, -0.25) is 9.78 Å². The molecule has 0 radical (unpaired) electrons. The monoisotopic (exact) mass is 285 g/mol. The molecule has 0 spiro atoms. The lowest BCUT2D eigenvalue weighted by atomic mass is 10.2. The Morgan fingerprint density at radius 2 is 2.10 bits per heavy atom. The summed E-state index contributed by atoms with van der Waals surface area (Å²) >= 11 is 1.02. The van der Waals surface area contributed by atoms with Crippen molar-refractivity contribution < 1.29 is 9.53 Å². The molecule has 100 valence electrons. The summed E-state index contributed by atoms with van der Waals surface area (Å²) in [6, 6.07) is 9.46. The lowest BCUT2D eigenvalue weighted by Gasteiger charge is -2.07. The second-order valence-corrected chi connectivity index (χ2v) is 5.03. The molecule has 2 heterocycles. The van der Waals surface area contributed by atoms with Gasteiger partial charge in [-0.05, 0) is 23.9 Å². The number of pyridine rings is 1. The van der Waals surface area contributed by atoms with Gasteiger partial charge in [0.25, 0.3) is 0 Å². The highest BCUT2D eigenvalue weighted by molar-refractivity contribution is 8.13. The highest BCUT2D eigenvalue weighted by Crippen LogP contribution is 2.23. The van der Waals surface area contributed by atoms with Gasteiger partial charge < -0.3 is 9.72 Å². The third kappa shape index (κ3) is 2.80. The number of H-pyrrole nitrogens is 1. The number of hydrogen-bond acceptors (Lipinski definition) is 5. The normalized spacial score (nSPS) is 10.6. The van der Waals surface area contributed by atoms with Crippen LogP contribution in [0.1, 0.15) is 0 Å². The number of aromatic nitrogens is 3. The van der Waals surface area contributed by atoms with Gasteiger partial charge in [-0.1, -0.05) is 18.2 Å². The molecule has 0 unspecified atom stereocenters. The van der Waals surface area contributed by atoms with Crippen molar-refractivity contribution in [2.24, 2.45) is 0 Å². The highest BCUT2D eigenvalue weighted by Gasteiger charge is 2.09. The second kappa shape index (κ2) is 5.75. The van der Waals surface area contributed by atoms with Crippen molar-refractivity contribution in [1.82, 2.24) is 15.0 Å². The molecule has 0 atom stereocenters. The number of imidazole rings is 1. The molecule has 1 aromatic carbocycles. The van der Waals surface area contributed by atoms with Crippen LogP contribution in [0.4, 0.5) is 0 Å². The van der Waals surface area contributed by atoms with Gasteiger partial charge in [0, 0.05) is 24.0 Å². The Balaban J connectivity index is 1.69. The highest BCUT2D eigenvalue weighted by atomic mass is 32.2. The first kappa shape index (κ1) is 12.7. The van der Waals surface area contributed by atoms with Crippen molar-refractivity contribution in [3.05, 3.63) is 48.9 Å². The zero-order valence-electron chi connectivity index (χ0n) is 10.4. The maximum atomic E-state index is 11.8. The van der Waals surface area contributed by atoms with Crippen LogP contribution in [-0.2, 0) is 4.79 Å². The molecular formula is C14H11N3O2S. The maximum Gasteiger partial charge on any atom is 0.233 e. The second-order valence-electron chi connectivity index (χ2n) is 3.99. The minimum absolute atomic E-state index is 0.0267. The molecule has 3 aromatic rings. The number of rotatable bonds is 4. The Morgan fingerprint density at radius 1 is 1.20 bits per heavy atom. The van der Waals surface area contributed by atoms with E-state index in [1.165, 1.54) is 0 Å². The van der Waals surface area contributed by atoms with Crippen LogP contribution in [0.15, 0.2) is 54.1 Å². The fourth-order valence-corrected chi connectivity index (χ4v) is 2.35. The summed E-state index contributed by atoms with van der Waals surface area (Å²) in [5.41, 5.74) is 0.755. The van der Waals surface area contributed by atoms with Crippen molar-refractivity contribution in [2.45, 2.75) is 5.16 Å². The molecular weight excluding hydrogens is 274 g/mol. The predicted octanol–water partition coefficient (Wildman–Crippen LogP) is 2.66. The smallest absolute Gasteiger partial charge is 0.233 e. The van der Waals surface area contributed by atoms with Gasteiger partial charge in [0.2, 0.25) is 5.12 Å². The zero-order chi connectivity index (χ0) is 13.8. The fraction of sp³-hybridized carbons (Fsp3) is 0.0714. The van der Waals surface area contributed by atoms with Crippen molar-refractivity contribution in [1.29, 1.82) is 0 Å². The van der Waals surface area contributed by atoms with Gasteiger partial charge >= 0.3 is 0 Å². The summed E-state index contributed by atoms with van der Waals surface area (Å²) in [6.07, 6.45) is 4.98. The van der Waals surface area contributed by atoms with Crippen LogP contribution in [0.5, 0.6) is 5.75 Å². The average Bonchev–Trinajstić information content (AvgIpc) is 2.98. The predicted molar refractivity (Wildman–Crippen MR) is 76.7 cm³/mol. The van der Waals surface area contributed by atoms with Gasteiger partial charge in [0.15, 0.2) is 11.8 Å². The van der Waals surface area contributed by atoms with E-state index < -0.39 is 0 Å². The summed E-state index contributed by atoms with van der Waals surface area (Å²) in [7, 11) is 0. The summed E-state index contributed by atoms with van der Waals surface area (Å²) in [5.74, 6) is 0.608. The Hall–Kier alpha value is -2.34. The Labute approximate surface area is 119 Å². The van der Waals surface area contributed by atoms with Gasteiger partial charge in [-0.25, -0.2) is 4.98 Å². The first-order valence-electron chi connectivity index (χ1n) is 5.99. The van der Waals surface area contributed by atoms with Crippen molar-refractivity contribution in [3.63, 3.8) is 0 Å². The van der Waals surface area contributed by atoms with E-state index in [4.69, 9.17) is 4.74 Å². The molecule has 0 aliphatic carbocycles. The fourth-order valence-electron chi connectivity index (χ4n) is 1.77. The minimum atomic E-state index is -0.118. The number of benzene rings is 1. The van der Waals surface area contributed by atoms with Crippen LogP contribution in [0.3, 0.4) is 0 Å². The third-order valence-corrected chi connectivity index (χ3v) is 3.39. The number of hydrogen-bond donors (Lipinski definition) is 1. The number of carbonyl (C=O) groups excluding carboxylic acids is 1. The van der Waals surface area contributed by atoms with Crippen molar-refractivity contribution in [3.8, 4) is 5.75 Å². The molecule has 0 saturated carbocycles. The molecule has 20 heavy (non-hydrogen) atoms. The number of nitrogens with zero attached hydrogens (tertiary/aromatic N) is 2. The van der Waals surface area contributed by atoms with E-state index in [2.05, 4.69) is 15.0 Å². The van der Waals surface area contributed by atoms with E-state index in [0.29, 0.717) is 10.9 Å². The number of carbonyl (C=O) groups is 1. The molecule has 0 bridgehead atoms. The number of ether oxygens (including phenoxy) is 1. The van der Waals surface area contributed by atoms with Gasteiger partial charge in [0.1, 0.15) is 11.3 Å². The topological polar surface area (TPSA) is 67.9 Å². The van der Waals surface area contributed by atoms with Gasteiger partial charge in [0.05, 0.1) is 0 Å². The molecule has 2 aromatic heterocycles. The number of fused-ring (bicyclic) bond motifs is 1. The van der Waals surface area contributed by atoms with E-state index in [-0.39, 0.29) is 11.7 Å². The maximum absolute atomic E-state index is 11.8. The lowest BCUT2D eigenvalue weighted by Crippen LogP contribution is -2.08. The third-order valence-electron chi connectivity index (χ3n) is 2.62. The van der Waals surface area contributed by atoms with Gasteiger partial charge in [-0.15, -0.1) is 0 Å². The molecule has 1 N–H and O–H groups in total. The van der Waals surface area contributed by atoms with Crippen LogP contribution >= 0.6 is 11.8 Å². The SMILES string of the molecule is O=C(COc1cccc2cccnc12)Sc1ncc[nH]1. The molecule has 6 heteroatoms. The van der Waals surface area contributed by atoms with Crippen LogP contribution in [-0.4, -0.2) is 26.7 Å². The average molecular weight is 285 g/mol. The molecule has 0 aliphatic rings. The Bertz CT molecular complexity index is 723. The summed E-state index contributed by atoms with van der Waals surface area (Å²) < 4.78 is 5.56.